The van der Waals surface area contributed by atoms with Gasteiger partial charge >= 0.3 is 0 Å². The maximum atomic E-state index is 12.3. The molecule has 1 atom stereocenters. The Hall–Kier alpha value is -1.30. The van der Waals surface area contributed by atoms with E-state index < -0.39 is 6.04 Å². The average Bonchev–Trinajstić information content (AvgIpc) is 2.40. The topological polar surface area (TPSA) is 51.1 Å². The lowest BCUT2D eigenvalue weighted by molar-refractivity contribution is -0.118. The summed E-state index contributed by atoms with van der Waals surface area (Å²) in [6, 6.07) is 5.78. The number of nitrogens with zero attached hydrogens (tertiary/aromatic N) is 1. The van der Waals surface area contributed by atoms with Crippen molar-refractivity contribution in [2.45, 2.75) is 19.9 Å². The van der Waals surface area contributed by atoms with Gasteiger partial charge in [-0.15, -0.1) is 0 Å². The first kappa shape index (κ1) is 17.1. The average molecular weight is 404 g/mol. The van der Waals surface area contributed by atoms with E-state index in [2.05, 4.69) is 21.2 Å². The van der Waals surface area contributed by atoms with Crippen LogP contribution in [0, 0.1) is 6.92 Å². The third-order valence-electron chi connectivity index (χ3n) is 3.12. The molecular formula is C15H13BrCl2N2O2. The minimum atomic E-state index is -0.679. The van der Waals surface area contributed by atoms with E-state index in [4.69, 9.17) is 23.2 Å². The van der Waals surface area contributed by atoms with Crippen molar-refractivity contribution in [3.8, 4) is 0 Å². The summed E-state index contributed by atoms with van der Waals surface area (Å²) in [4.78, 5) is 24.5. The van der Waals surface area contributed by atoms with Gasteiger partial charge in [0.1, 0.15) is 6.04 Å². The van der Waals surface area contributed by atoms with Crippen LogP contribution in [0.5, 0.6) is 0 Å². The molecule has 1 unspecified atom stereocenters. The van der Waals surface area contributed by atoms with Crippen molar-refractivity contribution in [2.75, 3.05) is 5.32 Å². The molecule has 0 aliphatic heterocycles. The molecule has 7 heteroatoms. The third kappa shape index (κ3) is 3.91. The van der Waals surface area contributed by atoms with Crippen LogP contribution in [0.15, 0.2) is 39.7 Å². The lowest BCUT2D eigenvalue weighted by Gasteiger charge is -2.16. The van der Waals surface area contributed by atoms with Crippen LogP contribution in [0.4, 0.5) is 5.69 Å². The number of anilines is 1. The summed E-state index contributed by atoms with van der Waals surface area (Å²) in [5, 5.41) is 3.55. The summed E-state index contributed by atoms with van der Waals surface area (Å²) in [6.07, 6.45) is 1.59. The molecule has 4 nitrogen and oxygen atoms in total. The summed E-state index contributed by atoms with van der Waals surface area (Å²) in [5.41, 5.74) is 0.823. The third-order valence-corrected chi connectivity index (χ3v) is 3.99. The van der Waals surface area contributed by atoms with E-state index in [1.165, 1.54) is 4.57 Å². The summed E-state index contributed by atoms with van der Waals surface area (Å²) in [6.45, 7) is 3.35. The number of amides is 1. The molecule has 0 aliphatic rings. The van der Waals surface area contributed by atoms with Gasteiger partial charge in [-0.25, -0.2) is 0 Å². The van der Waals surface area contributed by atoms with Crippen LogP contribution in [0.25, 0.3) is 0 Å². The molecule has 0 saturated carbocycles. The number of carbonyl (C=O) groups is 1. The largest absolute Gasteiger partial charge is 0.324 e. The Labute approximate surface area is 146 Å². The Morgan fingerprint density at radius 2 is 1.82 bits per heavy atom. The first-order valence-corrected chi connectivity index (χ1v) is 7.98. The molecule has 22 heavy (non-hydrogen) atoms. The second kappa shape index (κ2) is 6.86. The summed E-state index contributed by atoms with van der Waals surface area (Å²) >= 11 is 15.1. The second-order valence-electron chi connectivity index (χ2n) is 4.88. The summed E-state index contributed by atoms with van der Waals surface area (Å²) in [5.74, 6) is -0.335. The van der Waals surface area contributed by atoms with Gasteiger partial charge in [-0.3, -0.25) is 9.59 Å². The fourth-order valence-electron chi connectivity index (χ4n) is 1.99. The van der Waals surface area contributed by atoms with E-state index in [0.29, 0.717) is 21.3 Å². The number of aromatic nitrogens is 1. The number of halogens is 3. The molecule has 1 amide bonds. The van der Waals surface area contributed by atoms with Gasteiger partial charge < -0.3 is 9.88 Å². The molecule has 1 heterocycles. The normalized spacial score (nSPS) is 12.0. The first-order valence-electron chi connectivity index (χ1n) is 6.43. The quantitative estimate of drug-likeness (QED) is 0.824. The van der Waals surface area contributed by atoms with Crippen molar-refractivity contribution >= 4 is 50.7 Å². The molecular weight excluding hydrogens is 391 g/mol. The SMILES string of the molecule is Cc1cc(Br)cn(C(C)C(=O)Nc2cc(Cl)cc(Cl)c2)c1=O. The lowest BCUT2D eigenvalue weighted by atomic mass is 10.2. The number of aryl methyl sites for hydroxylation is 1. The van der Waals surface area contributed by atoms with Crippen LogP contribution in [0.1, 0.15) is 18.5 Å². The van der Waals surface area contributed by atoms with Crippen LogP contribution in [-0.4, -0.2) is 10.5 Å². The lowest BCUT2D eigenvalue weighted by Crippen LogP contribution is -2.32. The molecule has 2 rings (SSSR count). The van der Waals surface area contributed by atoms with Crippen LogP contribution < -0.4 is 10.9 Å². The number of rotatable bonds is 3. The fourth-order valence-corrected chi connectivity index (χ4v) is 3.08. The van der Waals surface area contributed by atoms with Crippen molar-refractivity contribution < 1.29 is 4.79 Å². The van der Waals surface area contributed by atoms with Gasteiger partial charge in [0, 0.05) is 32.0 Å². The van der Waals surface area contributed by atoms with E-state index in [-0.39, 0.29) is 11.5 Å². The Morgan fingerprint density at radius 1 is 1.23 bits per heavy atom. The van der Waals surface area contributed by atoms with Gasteiger partial charge in [0.2, 0.25) is 5.91 Å². The Bertz CT molecular complexity index is 769. The number of nitrogens with one attached hydrogen (secondary N) is 1. The van der Waals surface area contributed by atoms with E-state index in [1.54, 1.807) is 44.3 Å². The zero-order chi connectivity index (χ0) is 16.4. The van der Waals surface area contributed by atoms with E-state index in [0.717, 1.165) is 4.47 Å². The number of carbonyl (C=O) groups excluding carboxylic acids is 1. The van der Waals surface area contributed by atoms with E-state index >= 15 is 0 Å². The smallest absolute Gasteiger partial charge is 0.254 e. The molecule has 0 aliphatic carbocycles. The molecule has 0 saturated heterocycles. The molecule has 1 N–H and O–H groups in total. The van der Waals surface area contributed by atoms with Gasteiger partial charge in [-0.1, -0.05) is 23.2 Å². The maximum Gasteiger partial charge on any atom is 0.254 e. The first-order chi connectivity index (χ1) is 10.3. The highest BCUT2D eigenvalue weighted by molar-refractivity contribution is 9.10. The van der Waals surface area contributed by atoms with Crippen LogP contribution >= 0.6 is 39.1 Å². The zero-order valence-corrected chi connectivity index (χ0v) is 15.0. The maximum absolute atomic E-state index is 12.3. The molecule has 0 fully saturated rings. The standard InChI is InChI=1S/C15H13BrCl2N2O2/c1-8-3-10(16)7-20(15(8)22)9(2)14(21)19-13-5-11(17)4-12(18)6-13/h3-7,9H,1-2H3,(H,19,21). The number of benzene rings is 1. The number of hydrogen-bond donors (Lipinski definition) is 1. The number of pyridine rings is 1. The monoisotopic (exact) mass is 402 g/mol. The van der Waals surface area contributed by atoms with Gasteiger partial charge in [-0.2, -0.15) is 0 Å². The van der Waals surface area contributed by atoms with Gasteiger partial charge in [0.05, 0.1) is 0 Å². The summed E-state index contributed by atoms with van der Waals surface area (Å²) < 4.78 is 2.11. The van der Waals surface area contributed by atoms with Gasteiger partial charge in [0.25, 0.3) is 5.56 Å². The highest BCUT2D eigenvalue weighted by Crippen LogP contribution is 2.23. The second-order valence-corrected chi connectivity index (χ2v) is 6.67. The molecule has 1 aromatic heterocycles. The van der Waals surface area contributed by atoms with Crippen molar-refractivity contribution in [3.63, 3.8) is 0 Å². The van der Waals surface area contributed by atoms with Crippen molar-refractivity contribution in [3.05, 3.63) is 60.9 Å². The van der Waals surface area contributed by atoms with Crippen LogP contribution in [0.3, 0.4) is 0 Å². The molecule has 116 valence electrons. The molecule has 1 aromatic carbocycles. The molecule has 2 aromatic rings. The van der Waals surface area contributed by atoms with Crippen LogP contribution in [0.2, 0.25) is 10.0 Å². The molecule has 0 bridgehead atoms. The van der Waals surface area contributed by atoms with Crippen LogP contribution in [-0.2, 0) is 4.79 Å². The minimum absolute atomic E-state index is 0.213. The van der Waals surface area contributed by atoms with Gasteiger partial charge in [0.15, 0.2) is 0 Å². The predicted octanol–water partition coefficient (Wildman–Crippen LogP) is 4.43. The highest BCUT2D eigenvalue weighted by Gasteiger charge is 2.17. The Morgan fingerprint density at radius 3 is 2.41 bits per heavy atom. The van der Waals surface area contributed by atoms with E-state index in [1.807, 2.05) is 0 Å². The molecule has 0 spiro atoms. The van der Waals surface area contributed by atoms with Crippen molar-refractivity contribution in [1.82, 2.24) is 4.57 Å². The zero-order valence-electron chi connectivity index (χ0n) is 11.9. The van der Waals surface area contributed by atoms with Crippen molar-refractivity contribution in [1.29, 1.82) is 0 Å². The number of hydrogen-bond acceptors (Lipinski definition) is 2. The van der Waals surface area contributed by atoms with Gasteiger partial charge in [-0.05, 0) is 54.0 Å². The Kier molecular flexibility index (Phi) is 5.32. The molecule has 0 radical (unpaired) electrons. The Balaban J connectivity index is 2.28. The summed E-state index contributed by atoms with van der Waals surface area (Å²) in [7, 11) is 0. The highest BCUT2D eigenvalue weighted by atomic mass is 79.9. The predicted molar refractivity (Wildman–Crippen MR) is 92.9 cm³/mol. The minimum Gasteiger partial charge on any atom is -0.324 e. The fraction of sp³-hybridized carbons (Fsp3) is 0.200. The van der Waals surface area contributed by atoms with Crippen molar-refractivity contribution in [2.24, 2.45) is 0 Å². The van der Waals surface area contributed by atoms with E-state index in [9.17, 15) is 9.59 Å².